The van der Waals surface area contributed by atoms with Crippen molar-refractivity contribution >= 4 is 22.8 Å². The highest BCUT2D eigenvalue weighted by Crippen LogP contribution is 2.23. The molecule has 0 radical (unpaired) electrons. The number of pyridine rings is 1. The normalized spacial score (nSPS) is 10.8. The number of nitrogens with zero attached hydrogens (tertiary/aromatic N) is 3. The topological polar surface area (TPSA) is 75.5 Å². The second-order valence-electron chi connectivity index (χ2n) is 6.44. The van der Waals surface area contributed by atoms with E-state index in [-0.39, 0.29) is 28.7 Å². The minimum absolute atomic E-state index is 0.134. The molecule has 4 aromatic rings. The van der Waals surface area contributed by atoms with Crippen LogP contribution >= 0.6 is 11.6 Å². The highest BCUT2D eigenvalue weighted by Gasteiger charge is 2.17. The van der Waals surface area contributed by atoms with Crippen LogP contribution in [0.1, 0.15) is 5.56 Å². The molecule has 4 rings (SSSR count). The van der Waals surface area contributed by atoms with Crippen LogP contribution in [0.5, 0.6) is 17.5 Å². The summed E-state index contributed by atoms with van der Waals surface area (Å²) in [6, 6.07) is 14.4. The van der Waals surface area contributed by atoms with Gasteiger partial charge in [0.25, 0.3) is 5.88 Å². The number of aromatic nitrogens is 3. The van der Waals surface area contributed by atoms with Crippen LogP contribution in [-0.4, -0.2) is 28.8 Å². The molecule has 0 bridgehead atoms. The summed E-state index contributed by atoms with van der Waals surface area (Å²) in [5.41, 5.74) is 0.768. The van der Waals surface area contributed by atoms with E-state index in [1.807, 2.05) is 0 Å². The number of benzene rings is 2. The fourth-order valence-electron chi connectivity index (χ4n) is 3.01. The molecule has 2 aromatic heterocycles. The van der Waals surface area contributed by atoms with Gasteiger partial charge in [0, 0.05) is 11.6 Å². The van der Waals surface area contributed by atoms with Crippen LogP contribution in [0.4, 0.5) is 4.39 Å². The van der Waals surface area contributed by atoms with Gasteiger partial charge in [-0.05, 0) is 42.5 Å². The summed E-state index contributed by atoms with van der Waals surface area (Å²) in [6.07, 6.45) is 0. The van der Waals surface area contributed by atoms with E-state index < -0.39 is 11.4 Å². The molecular formula is C22H17ClFN3O4. The summed E-state index contributed by atoms with van der Waals surface area (Å²) in [5, 5.41) is 0.197. The average Bonchev–Trinajstić information content (AvgIpc) is 2.79. The average molecular weight is 442 g/mol. The van der Waals surface area contributed by atoms with Crippen molar-refractivity contribution in [2.24, 2.45) is 0 Å². The second-order valence-corrected chi connectivity index (χ2v) is 6.85. The van der Waals surface area contributed by atoms with E-state index in [2.05, 4.69) is 9.97 Å². The van der Waals surface area contributed by atoms with Crippen molar-refractivity contribution in [3.63, 3.8) is 0 Å². The number of hydrogen-bond acceptors (Lipinski definition) is 6. The van der Waals surface area contributed by atoms with Gasteiger partial charge in [0.2, 0.25) is 5.88 Å². The van der Waals surface area contributed by atoms with Crippen LogP contribution in [0.25, 0.3) is 16.9 Å². The molecule has 0 amide bonds. The standard InChI is InChI=1S/C22H17ClFN3O4/c1-29-14-8-6-13(7-9-14)27-20-18(10-11-19(26-20)30-2)25-21(22(27)28)31-12-15-16(23)4-3-5-17(15)24/h3-11H,12H2,1-2H3. The fourth-order valence-corrected chi connectivity index (χ4v) is 3.23. The van der Waals surface area contributed by atoms with Crippen molar-refractivity contribution < 1.29 is 18.6 Å². The zero-order chi connectivity index (χ0) is 22.0. The molecule has 2 aromatic carbocycles. The molecule has 0 saturated carbocycles. The van der Waals surface area contributed by atoms with E-state index in [1.54, 1.807) is 49.6 Å². The molecule has 0 atom stereocenters. The number of ether oxygens (including phenoxy) is 3. The van der Waals surface area contributed by atoms with Crippen LogP contribution in [-0.2, 0) is 6.61 Å². The first-order valence-corrected chi connectivity index (χ1v) is 9.57. The fraction of sp³-hybridized carbons (Fsp3) is 0.136. The van der Waals surface area contributed by atoms with Crippen LogP contribution in [0.3, 0.4) is 0 Å². The largest absolute Gasteiger partial charge is 0.497 e. The predicted octanol–water partition coefficient (Wildman–Crippen LogP) is 4.17. The Kier molecular flexibility index (Phi) is 5.73. The van der Waals surface area contributed by atoms with Gasteiger partial charge in [-0.1, -0.05) is 17.7 Å². The lowest BCUT2D eigenvalue weighted by Crippen LogP contribution is -2.23. The molecule has 0 fully saturated rings. The van der Waals surface area contributed by atoms with Gasteiger partial charge in [-0.15, -0.1) is 0 Å². The summed E-state index contributed by atoms with van der Waals surface area (Å²) in [7, 11) is 3.03. The minimum Gasteiger partial charge on any atom is -0.497 e. The van der Waals surface area contributed by atoms with Gasteiger partial charge in [0.05, 0.1) is 24.9 Å². The van der Waals surface area contributed by atoms with Crippen molar-refractivity contribution in [2.45, 2.75) is 6.61 Å². The molecule has 0 aliphatic heterocycles. The maximum Gasteiger partial charge on any atom is 0.319 e. The van der Waals surface area contributed by atoms with E-state index in [9.17, 15) is 9.18 Å². The molecule has 7 nitrogen and oxygen atoms in total. The summed E-state index contributed by atoms with van der Waals surface area (Å²) >= 11 is 6.06. The molecule has 158 valence electrons. The maximum absolute atomic E-state index is 14.1. The number of halogens is 2. The summed E-state index contributed by atoms with van der Waals surface area (Å²) in [6.45, 7) is -0.258. The zero-order valence-corrected chi connectivity index (χ0v) is 17.4. The number of fused-ring (bicyclic) bond motifs is 1. The molecule has 0 aliphatic rings. The molecule has 0 spiro atoms. The zero-order valence-electron chi connectivity index (χ0n) is 16.6. The van der Waals surface area contributed by atoms with Crippen molar-refractivity contribution in [1.82, 2.24) is 14.5 Å². The van der Waals surface area contributed by atoms with E-state index in [4.69, 9.17) is 25.8 Å². The van der Waals surface area contributed by atoms with E-state index in [0.29, 0.717) is 22.8 Å². The smallest absolute Gasteiger partial charge is 0.319 e. The molecule has 31 heavy (non-hydrogen) atoms. The number of hydrogen-bond donors (Lipinski definition) is 0. The first kappa shape index (κ1) is 20.6. The van der Waals surface area contributed by atoms with Crippen LogP contribution in [0.15, 0.2) is 59.4 Å². The van der Waals surface area contributed by atoms with Gasteiger partial charge < -0.3 is 14.2 Å². The van der Waals surface area contributed by atoms with Crippen molar-refractivity contribution in [3.05, 3.63) is 81.4 Å². The monoisotopic (exact) mass is 441 g/mol. The summed E-state index contributed by atoms with van der Waals surface area (Å²) < 4.78 is 31.4. The number of rotatable bonds is 6. The van der Waals surface area contributed by atoms with Crippen LogP contribution < -0.4 is 19.8 Å². The predicted molar refractivity (Wildman–Crippen MR) is 114 cm³/mol. The Morgan fingerprint density at radius 3 is 2.45 bits per heavy atom. The Bertz CT molecular complexity index is 1290. The van der Waals surface area contributed by atoms with Crippen molar-refractivity contribution in [2.75, 3.05) is 14.2 Å². The molecule has 9 heteroatoms. The van der Waals surface area contributed by atoms with E-state index in [1.165, 1.54) is 23.8 Å². The first-order valence-electron chi connectivity index (χ1n) is 9.19. The third-order valence-electron chi connectivity index (χ3n) is 4.60. The quantitative estimate of drug-likeness (QED) is 0.447. The molecule has 0 unspecified atom stereocenters. The minimum atomic E-state index is -0.564. The van der Waals surface area contributed by atoms with E-state index in [0.717, 1.165) is 0 Å². The molecule has 2 heterocycles. The Labute approximate surface area is 181 Å². The van der Waals surface area contributed by atoms with E-state index >= 15 is 0 Å². The SMILES string of the molecule is COc1ccc(-n2c(=O)c(OCc3c(F)cccc3Cl)nc3ccc(OC)nc32)cc1. The lowest BCUT2D eigenvalue weighted by molar-refractivity contribution is 0.283. The van der Waals surface area contributed by atoms with Crippen LogP contribution in [0, 0.1) is 5.82 Å². The molecule has 0 saturated heterocycles. The molecule has 0 aliphatic carbocycles. The highest BCUT2D eigenvalue weighted by atomic mass is 35.5. The Morgan fingerprint density at radius 1 is 1.00 bits per heavy atom. The van der Waals surface area contributed by atoms with Gasteiger partial charge in [0.1, 0.15) is 23.7 Å². The Morgan fingerprint density at radius 2 is 1.77 bits per heavy atom. The number of methoxy groups -OCH3 is 2. The van der Waals surface area contributed by atoms with Crippen molar-refractivity contribution in [1.29, 1.82) is 0 Å². The Balaban J connectivity index is 1.85. The highest BCUT2D eigenvalue weighted by molar-refractivity contribution is 6.31. The lowest BCUT2D eigenvalue weighted by atomic mass is 10.2. The summed E-state index contributed by atoms with van der Waals surface area (Å²) in [4.78, 5) is 21.9. The van der Waals surface area contributed by atoms with Crippen LogP contribution in [0.2, 0.25) is 5.02 Å². The Hall–Kier alpha value is -3.65. The first-order chi connectivity index (χ1) is 15.0. The third kappa shape index (κ3) is 4.02. The van der Waals surface area contributed by atoms with Gasteiger partial charge in [-0.3, -0.25) is 9.36 Å². The summed E-state index contributed by atoms with van der Waals surface area (Å²) in [5.74, 6) is 0.207. The molecule has 0 N–H and O–H groups in total. The van der Waals surface area contributed by atoms with Gasteiger partial charge in [-0.2, -0.15) is 4.98 Å². The molecular weight excluding hydrogens is 425 g/mol. The third-order valence-corrected chi connectivity index (χ3v) is 4.96. The van der Waals surface area contributed by atoms with Gasteiger partial charge in [-0.25, -0.2) is 9.37 Å². The van der Waals surface area contributed by atoms with Gasteiger partial charge in [0.15, 0.2) is 5.65 Å². The van der Waals surface area contributed by atoms with Crippen molar-refractivity contribution in [3.8, 4) is 23.2 Å². The van der Waals surface area contributed by atoms with Gasteiger partial charge >= 0.3 is 5.56 Å². The second kappa shape index (κ2) is 8.61. The lowest BCUT2D eigenvalue weighted by Gasteiger charge is -2.14. The maximum atomic E-state index is 14.1.